The van der Waals surface area contributed by atoms with Crippen molar-refractivity contribution in [1.29, 1.82) is 0 Å². The average molecular weight is 396 g/mol. The number of aromatic nitrogens is 2. The second-order valence-corrected chi connectivity index (χ2v) is 7.56. The van der Waals surface area contributed by atoms with Crippen LogP contribution in [0.15, 0.2) is 73.1 Å². The Morgan fingerprint density at radius 2 is 1.77 bits per heavy atom. The van der Waals surface area contributed by atoms with Gasteiger partial charge in [-0.15, -0.1) is 0 Å². The summed E-state index contributed by atoms with van der Waals surface area (Å²) in [7, 11) is 0. The monoisotopic (exact) mass is 395 g/mol. The molecular weight excluding hydrogens is 370 g/mol. The standard InChI is InChI=1S/C25H25N5/c1-2-29(22-15-7-11-18-9-3-5-13-20(18)22)24-23(26)25(28-17-27-24)30-16-8-12-19-10-4-6-14-21(19)30/h3-7,9-11,13-15,17H,2,8,12,16,26H2,1H3. The summed E-state index contributed by atoms with van der Waals surface area (Å²) in [6.45, 7) is 3.78. The zero-order valence-electron chi connectivity index (χ0n) is 17.1. The first-order chi connectivity index (χ1) is 14.8. The van der Waals surface area contributed by atoms with Gasteiger partial charge in [-0.05, 0) is 42.8 Å². The highest BCUT2D eigenvalue weighted by molar-refractivity contribution is 5.97. The van der Waals surface area contributed by atoms with E-state index in [0.717, 1.165) is 43.3 Å². The minimum absolute atomic E-state index is 0.615. The van der Waals surface area contributed by atoms with E-state index in [-0.39, 0.29) is 0 Å². The lowest BCUT2D eigenvalue weighted by Gasteiger charge is -2.32. The molecule has 1 aromatic heterocycles. The maximum atomic E-state index is 6.72. The van der Waals surface area contributed by atoms with Crippen LogP contribution in [0.3, 0.4) is 0 Å². The molecule has 150 valence electrons. The average Bonchev–Trinajstić information content (AvgIpc) is 2.80. The third-order valence-electron chi connectivity index (χ3n) is 5.84. The summed E-state index contributed by atoms with van der Waals surface area (Å²) in [6, 6.07) is 23.3. The van der Waals surface area contributed by atoms with E-state index >= 15 is 0 Å². The van der Waals surface area contributed by atoms with Crippen molar-refractivity contribution in [1.82, 2.24) is 9.97 Å². The Balaban J connectivity index is 1.63. The van der Waals surface area contributed by atoms with Gasteiger partial charge in [0.1, 0.15) is 12.0 Å². The van der Waals surface area contributed by atoms with Crippen LogP contribution in [0.25, 0.3) is 10.8 Å². The Hall–Kier alpha value is -3.60. The summed E-state index contributed by atoms with van der Waals surface area (Å²) in [6.07, 6.45) is 3.80. The molecule has 5 nitrogen and oxygen atoms in total. The van der Waals surface area contributed by atoms with Crippen LogP contribution in [0.5, 0.6) is 0 Å². The van der Waals surface area contributed by atoms with Crippen molar-refractivity contribution in [3.05, 3.63) is 78.6 Å². The maximum absolute atomic E-state index is 6.72. The number of anilines is 5. The molecule has 4 aromatic rings. The van der Waals surface area contributed by atoms with Crippen molar-refractivity contribution in [2.24, 2.45) is 0 Å². The number of hydrogen-bond donors (Lipinski definition) is 1. The SMILES string of the molecule is CCN(c1ncnc(N2CCCc3ccccc32)c1N)c1cccc2ccccc12. The van der Waals surface area contributed by atoms with Crippen molar-refractivity contribution in [3.8, 4) is 0 Å². The van der Waals surface area contributed by atoms with Crippen LogP contribution in [0.4, 0.5) is 28.7 Å². The fourth-order valence-electron chi connectivity index (χ4n) is 4.44. The predicted molar refractivity (Wildman–Crippen MR) is 125 cm³/mol. The lowest BCUT2D eigenvalue weighted by Crippen LogP contribution is -2.27. The van der Waals surface area contributed by atoms with Crippen molar-refractivity contribution < 1.29 is 0 Å². The van der Waals surface area contributed by atoms with Crippen molar-refractivity contribution >= 4 is 39.5 Å². The summed E-state index contributed by atoms with van der Waals surface area (Å²) < 4.78 is 0. The largest absolute Gasteiger partial charge is 0.393 e. The first kappa shape index (κ1) is 18.4. The van der Waals surface area contributed by atoms with E-state index in [2.05, 4.69) is 93.4 Å². The van der Waals surface area contributed by atoms with Crippen LogP contribution in [-0.4, -0.2) is 23.1 Å². The molecule has 0 saturated carbocycles. The Bertz CT molecular complexity index is 1200. The number of rotatable bonds is 4. The molecule has 1 aliphatic rings. The number of nitrogen functional groups attached to an aromatic ring is 1. The summed E-state index contributed by atoms with van der Waals surface area (Å²) in [4.78, 5) is 13.6. The number of nitrogens with two attached hydrogens (primary N) is 1. The minimum atomic E-state index is 0.615. The molecule has 1 aliphatic heterocycles. The smallest absolute Gasteiger partial charge is 0.161 e. The molecule has 0 fully saturated rings. The van der Waals surface area contributed by atoms with Crippen LogP contribution in [-0.2, 0) is 6.42 Å². The quantitative estimate of drug-likeness (QED) is 0.498. The Labute approximate surface area is 176 Å². The molecule has 5 heteroatoms. The van der Waals surface area contributed by atoms with Gasteiger partial charge in [-0.1, -0.05) is 54.6 Å². The molecule has 5 rings (SSSR count). The zero-order chi connectivity index (χ0) is 20.5. The fraction of sp³-hybridized carbons (Fsp3) is 0.200. The van der Waals surface area contributed by atoms with Gasteiger partial charge in [0, 0.05) is 24.2 Å². The summed E-state index contributed by atoms with van der Waals surface area (Å²) in [5.41, 5.74) is 11.0. The number of aryl methyl sites for hydroxylation is 1. The number of fused-ring (bicyclic) bond motifs is 2. The van der Waals surface area contributed by atoms with Crippen molar-refractivity contribution in [2.75, 3.05) is 28.6 Å². The first-order valence-electron chi connectivity index (χ1n) is 10.5. The van der Waals surface area contributed by atoms with Gasteiger partial charge in [-0.25, -0.2) is 9.97 Å². The summed E-state index contributed by atoms with van der Waals surface area (Å²) in [5.74, 6) is 1.53. The molecule has 0 saturated heterocycles. The van der Waals surface area contributed by atoms with Crippen LogP contribution < -0.4 is 15.5 Å². The fourth-order valence-corrected chi connectivity index (χ4v) is 4.44. The second kappa shape index (κ2) is 7.67. The topological polar surface area (TPSA) is 58.3 Å². The number of para-hydroxylation sites is 1. The Kier molecular flexibility index (Phi) is 4.71. The van der Waals surface area contributed by atoms with Gasteiger partial charge in [0.05, 0.1) is 5.69 Å². The highest BCUT2D eigenvalue weighted by Crippen LogP contribution is 2.40. The molecule has 2 heterocycles. The summed E-state index contributed by atoms with van der Waals surface area (Å²) >= 11 is 0. The van der Waals surface area contributed by atoms with Crippen LogP contribution in [0.2, 0.25) is 0 Å². The van der Waals surface area contributed by atoms with E-state index in [1.165, 1.54) is 22.0 Å². The second-order valence-electron chi connectivity index (χ2n) is 7.56. The van der Waals surface area contributed by atoms with E-state index in [4.69, 9.17) is 5.73 Å². The Morgan fingerprint density at radius 1 is 0.967 bits per heavy atom. The molecule has 0 spiro atoms. The minimum Gasteiger partial charge on any atom is -0.393 e. The number of nitrogens with zero attached hydrogens (tertiary/aromatic N) is 4. The maximum Gasteiger partial charge on any atom is 0.161 e. The van der Waals surface area contributed by atoms with Crippen molar-refractivity contribution in [3.63, 3.8) is 0 Å². The van der Waals surface area contributed by atoms with E-state index in [9.17, 15) is 0 Å². The Morgan fingerprint density at radius 3 is 2.67 bits per heavy atom. The molecule has 2 N–H and O–H groups in total. The van der Waals surface area contributed by atoms with Gasteiger partial charge in [0.15, 0.2) is 11.6 Å². The molecule has 0 radical (unpaired) electrons. The van der Waals surface area contributed by atoms with Crippen LogP contribution in [0, 0.1) is 0 Å². The highest BCUT2D eigenvalue weighted by atomic mass is 15.3. The van der Waals surface area contributed by atoms with E-state index in [1.54, 1.807) is 6.33 Å². The van der Waals surface area contributed by atoms with Gasteiger partial charge >= 0.3 is 0 Å². The zero-order valence-corrected chi connectivity index (χ0v) is 17.1. The van der Waals surface area contributed by atoms with Gasteiger partial charge in [-0.2, -0.15) is 0 Å². The van der Waals surface area contributed by atoms with E-state index in [1.807, 2.05) is 0 Å². The lowest BCUT2D eigenvalue weighted by molar-refractivity contribution is 0.759. The van der Waals surface area contributed by atoms with Crippen LogP contribution >= 0.6 is 0 Å². The number of benzene rings is 3. The molecular formula is C25H25N5. The number of hydrogen-bond acceptors (Lipinski definition) is 5. The third kappa shape index (κ3) is 3.03. The van der Waals surface area contributed by atoms with Gasteiger partial charge in [-0.3, -0.25) is 0 Å². The first-order valence-corrected chi connectivity index (χ1v) is 10.5. The van der Waals surface area contributed by atoms with Crippen LogP contribution in [0.1, 0.15) is 18.9 Å². The van der Waals surface area contributed by atoms with Gasteiger partial charge in [0.25, 0.3) is 0 Å². The van der Waals surface area contributed by atoms with E-state index < -0.39 is 0 Å². The van der Waals surface area contributed by atoms with E-state index in [0.29, 0.717) is 5.69 Å². The molecule has 0 aliphatic carbocycles. The predicted octanol–water partition coefficient (Wildman–Crippen LogP) is 5.45. The van der Waals surface area contributed by atoms with Gasteiger partial charge in [0.2, 0.25) is 0 Å². The molecule has 0 bridgehead atoms. The molecule has 0 amide bonds. The lowest BCUT2D eigenvalue weighted by atomic mass is 10.0. The van der Waals surface area contributed by atoms with Crippen molar-refractivity contribution in [2.45, 2.75) is 19.8 Å². The molecule has 30 heavy (non-hydrogen) atoms. The molecule has 0 unspecified atom stereocenters. The summed E-state index contributed by atoms with van der Waals surface area (Å²) in [5, 5.41) is 2.39. The normalized spacial score (nSPS) is 13.3. The third-order valence-corrected chi connectivity index (χ3v) is 5.84. The van der Waals surface area contributed by atoms with Gasteiger partial charge < -0.3 is 15.5 Å². The highest BCUT2D eigenvalue weighted by Gasteiger charge is 2.24. The molecule has 0 atom stereocenters. The molecule has 3 aromatic carbocycles.